The molecule has 0 spiro atoms. The summed E-state index contributed by atoms with van der Waals surface area (Å²) >= 11 is 0. The number of alkyl halides is 3. The molecule has 0 aliphatic carbocycles. The highest BCUT2D eigenvalue weighted by atomic mass is 19.4. The topological polar surface area (TPSA) is 85.9 Å². The summed E-state index contributed by atoms with van der Waals surface area (Å²) in [6.45, 7) is 10.6. The molecule has 0 saturated heterocycles. The van der Waals surface area contributed by atoms with Gasteiger partial charge in [-0.05, 0) is 83.9 Å². The number of alkyl carbamates (subject to hydrolysis) is 1. The molecule has 0 aromatic heterocycles. The van der Waals surface area contributed by atoms with Gasteiger partial charge in [0.05, 0.1) is 12.5 Å². The number of benzene rings is 3. The first-order chi connectivity index (χ1) is 20.8. The normalized spacial score (nSPS) is 12.7. The quantitative estimate of drug-likeness (QED) is 0.172. The summed E-state index contributed by atoms with van der Waals surface area (Å²) in [5.41, 5.74) is 0.305. The van der Waals surface area contributed by atoms with Crippen LogP contribution < -0.4 is 15.4 Å². The summed E-state index contributed by atoms with van der Waals surface area (Å²) in [5, 5.41) is 4.97. The molecule has 1 unspecified atom stereocenters. The summed E-state index contributed by atoms with van der Waals surface area (Å²) in [5.74, 6) is -0.692. The lowest BCUT2D eigenvalue weighted by Gasteiger charge is -2.22. The molecule has 0 bridgehead atoms. The van der Waals surface area contributed by atoms with E-state index in [1.807, 2.05) is 0 Å². The van der Waals surface area contributed by atoms with E-state index in [9.17, 15) is 22.8 Å². The van der Waals surface area contributed by atoms with Crippen LogP contribution in [0.25, 0.3) is 11.1 Å². The molecule has 11 heteroatoms. The highest BCUT2D eigenvalue weighted by molar-refractivity contribution is 5.74. The largest absolute Gasteiger partial charge is 0.489 e. The summed E-state index contributed by atoms with van der Waals surface area (Å²) in [6.07, 6.45) is -5.25. The molecule has 0 saturated carbocycles. The summed E-state index contributed by atoms with van der Waals surface area (Å²) in [6, 6.07) is 15.2. The third kappa shape index (κ3) is 11.6. The van der Waals surface area contributed by atoms with E-state index in [1.165, 1.54) is 24.3 Å². The lowest BCUT2D eigenvalue weighted by Crippen LogP contribution is -2.34. The SMILES string of the molecule is CC(NC(=O)OC(C)(C)C)c1cccc(-c2cc(COc3ccccc3CC(=O)OC(C)(C)C)cc(NCC(F)(F)F)c2)c1F. The van der Waals surface area contributed by atoms with Gasteiger partial charge in [0.2, 0.25) is 0 Å². The molecule has 0 fully saturated rings. The van der Waals surface area contributed by atoms with Crippen molar-refractivity contribution < 1.29 is 41.4 Å². The van der Waals surface area contributed by atoms with E-state index in [4.69, 9.17) is 14.2 Å². The number of hydrogen-bond acceptors (Lipinski definition) is 6. The van der Waals surface area contributed by atoms with Gasteiger partial charge in [0.25, 0.3) is 0 Å². The van der Waals surface area contributed by atoms with Crippen molar-refractivity contribution >= 4 is 17.7 Å². The Hall–Kier alpha value is -4.28. The van der Waals surface area contributed by atoms with Gasteiger partial charge in [0, 0.05) is 22.4 Å². The van der Waals surface area contributed by atoms with Crippen molar-refractivity contribution in [1.29, 1.82) is 0 Å². The van der Waals surface area contributed by atoms with Crippen LogP contribution in [0.5, 0.6) is 5.75 Å². The standard InChI is InChI=1S/C34H40F4N2O5/c1-21(40-31(42)45-33(5,6)7)26-12-10-13-27(30(26)35)24-15-22(16-25(17-24)39-20-34(36,37)38)19-43-28-14-9-8-11-23(28)18-29(41)44-32(2,3)4/h8-17,21,39H,18-20H2,1-7H3,(H,40,42). The summed E-state index contributed by atoms with van der Waals surface area (Å²) < 4.78 is 71.8. The van der Waals surface area contributed by atoms with Gasteiger partial charge in [-0.1, -0.05) is 36.4 Å². The van der Waals surface area contributed by atoms with E-state index >= 15 is 4.39 Å². The van der Waals surface area contributed by atoms with Crippen LogP contribution in [0.4, 0.5) is 28.0 Å². The molecule has 1 amide bonds. The molecule has 1 atom stereocenters. The number of carbonyl (C=O) groups excluding carboxylic acids is 2. The molecule has 3 rings (SSSR count). The fraction of sp³-hybridized carbons (Fsp3) is 0.412. The Balaban J connectivity index is 1.92. The van der Waals surface area contributed by atoms with Crippen molar-refractivity contribution in [2.75, 3.05) is 11.9 Å². The van der Waals surface area contributed by atoms with Crippen molar-refractivity contribution in [2.45, 2.75) is 84.9 Å². The summed E-state index contributed by atoms with van der Waals surface area (Å²) in [4.78, 5) is 24.7. The van der Waals surface area contributed by atoms with Gasteiger partial charge in [0.15, 0.2) is 0 Å². The number of halogens is 4. The Morgan fingerprint density at radius 3 is 2.18 bits per heavy atom. The van der Waals surface area contributed by atoms with Gasteiger partial charge >= 0.3 is 18.2 Å². The monoisotopic (exact) mass is 632 g/mol. The maximum absolute atomic E-state index is 15.9. The van der Waals surface area contributed by atoms with Gasteiger partial charge in [0.1, 0.15) is 35.9 Å². The maximum atomic E-state index is 15.9. The number of ether oxygens (including phenoxy) is 3. The third-order valence-corrected chi connectivity index (χ3v) is 6.15. The van der Waals surface area contributed by atoms with Crippen molar-refractivity contribution in [2.24, 2.45) is 0 Å². The summed E-state index contributed by atoms with van der Waals surface area (Å²) in [7, 11) is 0. The minimum Gasteiger partial charge on any atom is -0.489 e. The van der Waals surface area contributed by atoms with Gasteiger partial charge in [-0.3, -0.25) is 4.79 Å². The molecule has 3 aromatic carbocycles. The predicted molar refractivity (Wildman–Crippen MR) is 164 cm³/mol. The van der Waals surface area contributed by atoms with Crippen LogP contribution >= 0.6 is 0 Å². The Morgan fingerprint density at radius 2 is 1.53 bits per heavy atom. The molecule has 3 aromatic rings. The first-order valence-corrected chi connectivity index (χ1v) is 14.4. The minimum absolute atomic E-state index is 0.0423. The van der Waals surface area contributed by atoms with E-state index in [-0.39, 0.29) is 29.8 Å². The van der Waals surface area contributed by atoms with Gasteiger partial charge < -0.3 is 24.8 Å². The molecular weight excluding hydrogens is 592 g/mol. The van der Waals surface area contributed by atoms with E-state index in [1.54, 1.807) is 84.9 Å². The zero-order chi connectivity index (χ0) is 33.6. The molecule has 7 nitrogen and oxygen atoms in total. The Morgan fingerprint density at radius 1 is 0.867 bits per heavy atom. The van der Waals surface area contributed by atoms with Crippen LogP contribution in [-0.4, -0.2) is 36.0 Å². The highest BCUT2D eigenvalue weighted by Gasteiger charge is 2.27. The molecule has 0 heterocycles. The second kappa shape index (κ2) is 14.2. The lowest BCUT2D eigenvalue weighted by atomic mass is 9.97. The van der Waals surface area contributed by atoms with Crippen LogP contribution in [0.1, 0.15) is 71.2 Å². The van der Waals surface area contributed by atoms with Crippen LogP contribution in [-0.2, 0) is 27.3 Å². The Kier molecular flexibility index (Phi) is 11.1. The molecular formula is C34H40F4N2O5. The predicted octanol–water partition coefficient (Wildman–Crippen LogP) is 8.52. The maximum Gasteiger partial charge on any atom is 0.408 e. The molecule has 45 heavy (non-hydrogen) atoms. The highest BCUT2D eigenvalue weighted by Crippen LogP contribution is 2.32. The van der Waals surface area contributed by atoms with Gasteiger partial charge in [-0.2, -0.15) is 13.2 Å². The van der Waals surface area contributed by atoms with E-state index in [0.29, 0.717) is 22.4 Å². The van der Waals surface area contributed by atoms with Crippen molar-refractivity contribution in [1.82, 2.24) is 5.32 Å². The first kappa shape index (κ1) is 35.2. The van der Waals surface area contributed by atoms with Gasteiger partial charge in [-0.15, -0.1) is 0 Å². The zero-order valence-corrected chi connectivity index (χ0v) is 26.5. The number of hydrogen-bond donors (Lipinski definition) is 2. The number of anilines is 1. The average molecular weight is 633 g/mol. The van der Waals surface area contributed by atoms with Crippen LogP contribution in [0.15, 0.2) is 60.7 Å². The number of esters is 1. The number of nitrogens with one attached hydrogen (secondary N) is 2. The van der Waals surface area contributed by atoms with Crippen LogP contribution in [0.2, 0.25) is 0 Å². The fourth-order valence-electron chi connectivity index (χ4n) is 4.39. The van der Waals surface area contributed by atoms with Crippen LogP contribution in [0.3, 0.4) is 0 Å². The third-order valence-electron chi connectivity index (χ3n) is 6.15. The fourth-order valence-corrected chi connectivity index (χ4v) is 4.39. The van der Waals surface area contributed by atoms with E-state index in [2.05, 4.69) is 10.6 Å². The second-order valence-corrected chi connectivity index (χ2v) is 12.6. The van der Waals surface area contributed by atoms with Gasteiger partial charge in [-0.25, -0.2) is 9.18 Å². The Labute approximate surface area is 261 Å². The van der Waals surface area contributed by atoms with Crippen molar-refractivity contribution in [3.8, 4) is 16.9 Å². The number of rotatable bonds is 10. The molecule has 0 aliphatic rings. The van der Waals surface area contributed by atoms with Crippen molar-refractivity contribution in [3.63, 3.8) is 0 Å². The smallest absolute Gasteiger partial charge is 0.408 e. The zero-order valence-electron chi connectivity index (χ0n) is 26.5. The molecule has 244 valence electrons. The number of para-hydroxylation sites is 1. The first-order valence-electron chi connectivity index (χ1n) is 14.4. The van der Waals surface area contributed by atoms with Crippen LogP contribution in [0, 0.1) is 5.82 Å². The van der Waals surface area contributed by atoms with E-state index < -0.39 is 47.8 Å². The van der Waals surface area contributed by atoms with Crippen molar-refractivity contribution in [3.05, 3.63) is 83.2 Å². The second-order valence-electron chi connectivity index (χ2n) is 12.6. The Bertz CT molecular complexity index is 1490. The van der Waals surface area contributed by atoms with E-state index in [0.717, 1.165) is 0 Å². The number of amides is 1. The average Bonchev–Trinajstić information content (AvgIpc) is 2.89. The molecule has 2 N–H and O–H groups in total. The molecule has 0 aliphatic heterocycles. The lowest BCUT2D eigenvalue weighted by molar-refractivity contribution is -0.154. The minimum atomic E-state index is -4.48. The number of carbonyl (C=O) groups is 2. The molecule has 0 radical (unpaired) electrons.